The number of hydrogen-bond donors (Lipinski definition) is 0. The van der Waals surface area contributed by atoms with Gasteiger partial charge in [-0.05, 0) is 48.1 Å². The second-order valence-electron chi connectivity index (χ2n) is 6.45. The van der Waals surface area contributed by atoms with Gasteiger partial charge < -0.3 is 4.90 Å². The monoisotopic (exact) mass is 305 g/mol. The summed E-state index contributed by atoms with van der Waals surface area (Å²) in [7, 11) is 0. The molecule has 1 fully saturated rings. The summed E-state index contributed by atoms with van der Waals surface area (Å²) >= 11 is 0. The fourth-order valence-electron chi connectivity index (χ4n) is 3.75. The molecule has 0 amide bonds. The fourth-order valence-corrected chi connectivity index (χ4v) is 3.75. The predicted octanol–water partition coefficient (Wildman–Crippen LogP) is 5.83. The standard InChI is InChI=1S/C19H21N.C3H6/c1-2-6-13-20(12-5-1)19-11-7-10-17-16-9-4-3-8-15(16)14-18(17)19;1-3-2/h3-4,7-11H,1-2,5-6,12-14H2;3H,1H2,2H3. The summed E-state index contributed by atoms with van der Waals surface area (Å²) in [5.41, 5.74) is 7.43. The maximum Gasteiger partial charge on any atom is 0.0408 e. The molecule has 23 heavy (non-hydrogen) atoms. The van der Waals surface area contributed by atoms with Gasteiger partial charge in [0.15, 0.2) is 0 Å². The maximum absolute atomic E-state index is 3.36. The van der Waals surface area contributed by atoms with Gasteiger partial charge in [0.2, 0.25) is 0 Å². The summed E-state index contributed by atoms with van der Waals surface area (Å²) in [6.45, 7) is 7.71. The zero-order valence-electron chi connectivity index (χ0n) is 14.2. The third kappa shape index (κ3) is 3.34. The van der Waals surface area contributed by atoms with Crippen LogP contribution in [0, 0.1) is 0 Å². The Labute approximate surface area is 140 Å². The lowest BCUT2D eigenvalue weighted by atomic mass is 10.0. The van der Waals surface area contributed by atoms with Crippen molar-refractivity contribution in [1.82, 2.24) is 0 Å². The molecule has 0 unspecified atom stereocenters. The molecule has 1 aliphatic carbocycles. The molecule has 0 N–H and O–H groups in total. The normalized spacial score (nSPS) is 15.8. The zero-order valence-corrected chi connectivity index (χ0v) is 14.2. The molecule has 1 heteroatoms. The summed E-state index contributed by atoms with van der Waals surface area (Å²) in [6, 6.07) is 15.7. The molecule has 4 rings (SSSR count). The Hall–Kier alpha value is -2.02. The minimum atomic E-state index is 1.11. The van der Waals surface area contributed by atoms with Crippen LogP contribution < -0.4 is 4.90 Å². The van der Waals surface area contributed by atoms with E-state index in [-0.39, 0.29) is 0 Å². The van der Waals surface area contributed by atoms with E-state index in [0.29, 0.717) is 0 Å². The summed E-state index contributed by atoms with van der Waals surface area (Å²) in [5, 5.41) is 0. The van der Waals surface area contributed by atoms with Crippen LogP contribution in [-0.2, 0) is 6.42 Å². The SMILES string of the molecule is C=CC.c1ccc2c(c1)Cc1c-2cccc1N1CCCCCC1. The average molecular weight is 305 g/mol. The highest BCUT2D eigenvalue weighted by Gasteiger charge is 2.23. The molecule has 1 aliphatic heterocycles. The average Bonchev–Trinajstić information content (AvgIpc) is 2.76. The van der Waals surface area contributed by atoms with E-state index in [1.165, 1.54) is 61.2 Å². The first-order valence-corrected chi connectivity index (χ1v) is 8.87. The van der Waals surface area contributed by atoms with Crippen molar-refractivity contribution in [3.8, 4) is 11.1 Å². The first-order chi connectivity index (χ1) is 11.3. The molecular weight excluding hydrogens is 278 g/mol. The van der Waals surface area contributed by atoms with Crippen molar-refractivity contribution in [3.05, 3.63) is 66.2 Å². The molecule has 1 heterocycles. The van der Waals surface area contributed by atoms with Gasteiger partial charge in [0.25, 0.3) is 0 Å². The van der Waals surface area contributed by atoms with Crippen LogP contribution in [0.5, 0.6) is 0 Å². The van der Waals surface area contributed by atoms with E-state index < -0.39 is 0 Å². The largest absolute Gasteiger partial charge is 0.371 e. The number of allylic oxidation sites excluding steroid dienone is 1. The Morgan fingerprint density at radius 1 is 0.870 bits per heavy atom. The van der Waals surface area contributed by atoms with Crippen molar-refractivity contribution in [2.45, 2.75) is 39.0 Å². The van der Waals surface area contributed by atoms with Gasteiger partial charge in [0, 0.05) is 25.2 Å². The summed E-state index contributed by atoms with van der Waals surface area (Å²) in [5.74, 6) is 0. The quantitative estimate of drug-likeness (QED) is 0.511. The van der Waals surface area contributed by atoms with Crippen molar-refractivity contribution in [2.75, 3.05) is 18.0 Å². The molecule has 1 nitrogen and oxygen atoms in total. The number of anilines is 1. The van der Waals surface area contributed by atoms with Gasteiger partial charge in [-0.1, -0.05) is 55.3 Å². The minimum Gasteiger partial charge on any atom is -0.371 e. The molecular formula is C22H27N. The van der Waals surface area contributed by atoms with Gasteiger partial charge in [-0.25, -0.2) is 0 Å². The number of fused-ring (bicyclic) bond motifs is 3. The molecule has 2 aliphatic rings. The lowest BCUT2D eigenvalue weighted by Gasteiger charge is -2.25. The van der Waals surface area contributed by atoms with Crippen LogP contribution in [0.2, 0.25) is 0 Å². The molecule has 0 bridgehead atoms. The van der Waals surface area contributed by atoms with Crippen LogP contribution in [0.15, 0.2) is 55.1 Å². The Balaban J connectivity index is 0.000000485. The van der Waals surface area contributed by atoms with Crippen molar-refractivity contribution in [3.63, 3.8) is 0 Å². The third-order valence-electron chi connectivity index (χ3n) is 4.77. The highest BCUT2D eigenvalue weighted by atomic mass is 15.1. The van der Waals surface area contributed by atoms with Crippen LogP contribution in [0.4, 0.5) is 5.69 Å². The van der Waals surface area contributed by atoms with Crippen molar-refractivity contribution < 1.29 is 0 Å². The Bertz CT molecular complexity index is 663. The van der Waals surface area contributed by atoms with Crippen LogP contribution in [0.3, 0.4) is 0 Å². The second kappa shape index (κ2) is 7.50. The molecule has 0 atom stereocenters. The number of benzene rings is 2. The third-order valence-corrected chi connectivity index (χ3v) is 4.77. The number of hydrogen-bond acceptors (Lipinski definition) is 1. The number of nitrogens with zero attached hydrogens (tertiary/aromatic N) is 1. The second-order valence-corrected chi connectivity index (χ2v) is 6.45. The molecule has 1 saturated heterocycles. The molecule has 2 aromatic rings. The highest BCUT2D eigenvalue weighted by Crippen LogP contribution is 2.41. The highest BCUT2D eigenvalue weighted by molar-refractivity contribution is 5.82. The van der Waals surface area contributed by atoms with Crippen molar-refractivity contribution >= 4 is 5.69 Å². The first-order valence-electron chi connectivity index (χ1n) is 8.87. The van der Waals surface area contributed by atoms with Gasteiger partial charge in [-0.2, -0.15) is 0 Å². The van der Waals surface area contributed by atoms with Crippen molar-refractivity contribution in [1.29, 1.82) is 0 Å². The zero-order chi connectivity index (χ0) is 16.1. The van der Waals surface area contributed by atoms with Crippen LogP contribution in [0.25, 0.3) is 11.1 Å². The molecule has 0 spiro atoms. The van der Waals surface area contributed by atoms with E-state index in [0.717, 1.165) is 6.42 Å². The van der Waals surface area contributed by atoms with Crippen molar-refractivity contribution in [2.24, 2.45) is 0 Å². The summed E-state index contributed by atoms with van der Waals surface area (Å²) < 4.78 is 0. The smallest absolute Gasteiger partial charge is 0.0408 e. The minimum absolute atomic E-state index is 1.11. The Kier molecular flexibility index (Phi) is 5.17. The van der Waals surface area contributed by atoms with Gasteiger partial charge in [-0.3, -0.25) is 0 Å². The van der Waals surface area contributed by atoms with E-state index in [9.17, 15) is 0 Å². The lowest BCUT2D eigenvalue weighted by Crippen LogP contribution is -2.24. The van der Waals surface area contributed by atoms with Gasteiger partial charge >= 0.3 is 0 Å². The molecule has 2 aromatic carbocycles. The summed E-state index contributed by atoms with van der Waals surface area (Å²) in [6.07, 6.45) is 8.34. The predicted molar refractivity (Wildman–Crippen MR) is 101 cm³/mol. The van der Waals surface area contributed by atoms with E-state index in [4.69, 9.17) is 0 Å². The van der Waals surface area contributed by atoms with Crippen LogP contribution >= 0.6 is 0 Å². The van der Waals surface area contributed by atoms with Gasteiger partial charge in [0.1, 0.15) is 0 Å². The Morgan fingerprint density at radius 2 is 1.52 bits per heavy atom. The van der Waals surface area contributed by atoms with Gasteiger partial charge in [-0.15, -0.1) is 6.58 Å². The van der Waals surface area contributed by atoms with E-state index in [1.54, 1.807) is 11.6 Å². The Morgan fingerprint density at radius 3 is 2.26 bits per heavy atom. The molecule has 0 saturated carbocycles. The molecule has 0 aromatic heterocycles. The maximum atomic E-state index is 3.36. The topological polar surface area (TPSA) is 3.24 Å². The fraction of sp³-hybridized carbons (Fsp3) is 0.364. The van der Waals surface area contributed by atoms with Crippen LogP contribution in [-0.4, -0.2) is 13.1 Å². The van der Waals surface area contributed by atoms with E-state index in [2.05, 4.69) is 53.9 Å². The van der Waals surface area contributed by atoms with Gasteiger partial charge in [0.05, 0.1) is 0 Å². The molecule has 120 valence electrons. The summed E-state index contributed by atoms with van der Waals surface area (Å²) in [4.78, 5) is 2.62. The number of rotatable bonds is 1. The lowest BCUT2D eigenvalue weighted by molar-refractivity contribution is 0.726. The van der Waals surface area contributed by atoms with E-state index >= 15 is 0 Å². The van der Waals surface area contributed by atoms with E-state index in [1.807, 2.05) is 6.92 Å². The van der Waals surface area contributed by atoms with Crippen LogP contribution in [0.1, 0.15) is 43.7 Å². The first kappa shape index (κ1) is 15.9. The molecule has 0 radical (unpaired) electrons.